The number of hydrogen-bond donors (Lipinski definition) is 1. The van der Waals surface area contributed by atoms with Crippen LogP contribution in [0.15, 0.2) is 53.7 Å². The summed E-state index contributed by atoms with van der Waals surface area (Å²) >= 11 is 0. The Bertz CT molecular complexity index is 993. The molecule has 1 N–H and O–H groups in total. The number of ether oxygens (including phenoxy) is 4. The van der Waals surface area contributed by atoms with E-state index in [-0.39, 0.29) is 12.6 Å². The first-order valence-electron chi connectivity index (χ1n) is 10.2. The Balaban J connectivity index is 2.11. The molecule has 1 atom stereocenters. The Kier molecular flexibility index (Phi) is 7.25. The predicted molar refractivity (Wildman–Crippen MR) is 119 cm³/mol. The van der Waals surface area contributed by atoms with E-state index >= 15 is 0 Å². The zero-order chi connectivity index (χ0) is 23.3. The standard InChI is InChI=1S/C24H28N2O6/c1-6-32-23(27)20-15(2)26(14-16-10-8-7-9-11-16)24(28)25-21(20)17-12-18(29-3)22(31-5)19(13-17)30-4/h7-13,21H,6,14H2,1-5H3,(H,25,28)/t21-/m1/s1. The van der Waals surface area contributed by atoms with Crippen LogP contribution in [-0.4, -0.2) is 44.8 Å². The summed E-state index contributed by atoms with van der Waals surface area (Å²) in [6, 6.07) is 11.9. The molecule has 0 spiro atoms. The number of nitrogens with one attached hydrogen (secondary N) is 1. The van der Waals surface area contributed by atoms with E-state index < -0.39 is 12.0 Å². The van der Waals surface area contributed by atoms with Crippen molar-refractivity contribution in [2.45, 2.75) is 26.4 Å². The van der Waals surface area contributed by atoms with Gasteiger partial charge in [0.25, 0.3) is 0 Å². The lowest BCUT2D eigenvalue weighted by molar-refractivity contribution is -0.139. The second-order valence-corrected chi connectivity index (χ2v) is 7.13. The highest BCUT2D eigenvalue weighted by molar-refractivity contribution is 5.95. The number of carbonyl (C=O) groups excluding carboxylic acids is 2. The lowest BCUT2D eigenvalue weighted by Crippen LogP contribution is -2.47. The summed E-state index contributed by atoms with van der Waals surface area (Å²) in [5.41, 5.74) is 2.41. The van der Waals surface area contributed by atoms with Gasteiger partial charge in [0.1, 0.15) is 0 Å². The second-order valence-electron chi connectivity index (χ2n) is 7.13. The quantitative estimate of drug-likeness (QED) is 0.628. The molecule has 1 heterocycles. The minimum atomic E-state index is -0.748. The number of rotatable bonds is 8. The minimum absolute atomic E-state index is 0.213. The molecular weight excluding hydrogens is 412 g/mol. The SMILES string of the molecule is CCOC(=O)C1=C(C)N(Cc2ccccc2)C(=O)N[C@@H]1c1cc(OC)c(OC)c(OC)c1. The molecule has 0 aromatic heterocycles. The molecule has 170 valence electrons. The lowest BCUT2D eigenvalue weighted by Gasteiger charge is -2.35. The topological polar surface area (TPSA) is 86.3 Å². The Morgan fingerprint density at radius 1 is 1.03 bits per heavy atom. The summed E-state index contributed by atoms with van der Waals surface area (Å²) in [4.78, 5) is 27.6. The molecule has 1 aliphatic rings. The van der Waals surface area contributed by atoms with Crippen molar-refractivity contribution in [1.82, 2.24) is 10.2 Å². The third kappa shape index (κ3) is 4.49. The molecule has 0 unspecified atom stereocenters. The van der Waals surface area contributed by atoms with Crippen LogP contribution < -0.4 is 19.5 Å². The number of urea groups is 1. The van der Waals surface area contributed by atoms with Crippen molar-refractivity contribution in [3.63, 3.8) is 0 Å². The Morgan fingerprint density at radius 2 is 1.66 bits per heavy atom. The molecule has 2 aromatic carbocycles. The number of methoxy groups -OCH3 is 3. The van der Waals surface area contributed by atoms with Crippen molar-refractivity contribution in [2.75, 3.05) is 27.9 Å². The van der Waals surface area contributed by atoms with Crippen molar-refractivity contribution >= 4 is 12.0 Å². The summed E-state index contributed by atoms with van der Waals surface area (Å²) in [6.07, 6.45) is 0. The van der Waals surface area contributed by atoms with Crippen LogP contribution in [0.4, 0.5) is 4.79 Å². The van der Waals surface area contributed by atoms with E-state index in [0.717, 1.165) is 5.56 Å². The number of benzene rings is 2. The van der Waals surface area contributed by atoms with Gasteiger partial charge in [0.15, 0.2) is 11.5 Å². The molecule has 2 amide bonds. The normalized spacial score (nSPS) is 15.8. The number of esters is 1. The Hall–Kier alpha value is -3.68. The molecule has 8 heteroatoms. The van der Waals surface area contributed by atoms with Crippen molar-refractivity contribution in [1.29, 1.82) is 0 Å². The van der Waals surface area contributed by atoms with Crippen molar-refractivity contribution in [3.05, 3.63) is 64.9 Å². The fourth-order valence-electron chi connectivity index (χ4n) is 3.73. The van der Waals surface area contributed by atoms with Crippen LogP contribution in [0, 0.1) is 0 Å². The summed E-state index contributed by atoms with van der Waals surface area (Å²) in [6.45, 7) is 4.03. The number of allylic oxidation sites excluding steroid dienone is 1. The van der Waals surface area contributed by atoms with Gasteiger partial charge in [-0.2, -0.15) is 0 Å². The predicted octanol–water partition coefficient (Wildman–Crippen LogP) is 3.82. The molecule has 32 heavy (non-hydrogen) atoms. The maximum absolute atomic E-state index is 13.1. The van der Waals surface area contributed by atoms with E-state index in [9.17, 15) is 9.59 Å². The highest BCUT2D eigenvalue weighted by Gasteiger charge is 2.37. The number of nitrogens with zero attached hydrogens (tertiary/aromatic N) is 1. The monoisotopic (exact) mass is 440 g/mol. The van der Waals surface area contributed by atoms with Crippen molar-refractivity contribution in [3.8, 4) is 17.2 Å². The maximum Gasteiger partial charge on any atom is 0.338 e. The van der Waals surface area contributed by atoms with E-state index in [4.69, 9.17) is 18.9 Å². The minimum Gasteiger partial charge on any atom is -0.493 e. The van der Waals surface area contributed by atoms with E-state index in [0.29, 0.717) is 40.6 Å². The van der Waals surface area contributed by atoms with E-state index in [1.54, 1.807) is 26.0 Å². The fraction of sp³-hybridized carbons (Fsp3) is 0.333. The van der Waals surface area contributed by atoms with E-state index in [1.165, 1.54) is 26.2 Å². The van der Waals surface area contributed by atoms with Crippen LogP contribution >= 0.6 is 0 Å². The molecule has 8 nitrogen and oxygen atoms in total. The van der Waals surface area contributed by atoms with Gasteiger partial charge in [0.2, 0.25) is 5.75 Å². The smallest absolute Gasteiger partial charge is 0.338 e. The van der Waals surface area contributed by atoms with E-state index in [1.807, 2.05) is 30.3 Å². The summed E-state index contributed by atoms with van der Waals surface area (Å²) in [5, 5.41) is 2.94. The first-order chi connectivity index (χ1) is 15.4. The second kappa shape index (κ2) is 10.1. The van der Waals surface area contributed by atoms with Crippen LogP contribution in [-0.2, 0) is 16.1 Å². The molecule has 2 aromatic rings. The third-order valence-electron chi connectivity index (χ3n) is 5.30. The van der Waals surface area contributed by atoms with Crippen LogP contribution in [0.5, 0.6) is 17.2 Å². The zero-order valence-corrected chi connectivity index (χ0v) is 18.9. The molecule has 0 radical (unpaired) electrons. The first-order valence-corrected chi connectivity index (χ1v) is 10.2. The number of amides is 2. The Morgan fingerprint density at radius 3 is 2.19 bits per heavy atom. The van der Waals surface area contributed by atoms with Gasteiger partial charge in [-0.15, -0.1) is 0 Å². The summed E-state index contributed by atoms with van der Waals surface area (Å²) in [5.74, 6) is 0.763. The van der Waals surface area contributed by atoms with Crippen LogP contribution in [0.25, 0.3) is 0 Å². The first kappa shape index (κ1) is 23.0. The molecule has 0 saturated carbocycles. The summed E-state index contributed by atoms with van der Waals surface area (Å²) in [7, 11) is 4.53. The average Bonchev–Trinajstić information content (AvgIpc) is 2.81. The van der Waals surface area contributed by atoms with Gasteiger partial charge in [0.05, 0.1) is 46.1 Å². The average molecular weight is 440 g/mol. The molecule has 0 bridgehead atoms. The van der Waals surface area contributed by atoms with E-state index in [2.05, 4.69) is 5.32 Å². The van der Waals surface area contributed by atoms with Gasteiger partial charge < -0.3 is 24.3 Å². The highest BCUT2D eigenvalue weighted by Crippen LogP contribution is 2.42. The van der Waals surface area contributed by atoms with Crippen molar-refractivity contribution < 1.29 is 28.5 Å². The zero-order valence-electron chi connectivity index (χ0n) is 18.9. The fourth-order valence-corrected chi connectivity index (χ4v) is 3.73. The molecule has 0 saturated heterocycles. The molecular formula is C24H28N2O6. The van der Waals surface area contributed by atoms with Gasteiger partial charge >= 0.3 is 12.0 Å². The maximum atomic E-state index is 13.1. The molecule has 0 aliphatic carbocycles. The van der Waals surface area contributed by atoms with Crippen molar-refractivity contribution in [2.24, 2.45) is 0 Å². The van der Waals surface area contributed by atoms with Crippen LogP contribution in [0.2, 0.25) is 0 Å². The van der Waals surface area contributed by atoms with Crippen LogP contribution in [0.3, 0.4) is 0 Å². The largest absolute Gasteiger partial charge is 0.493 e. The Labute approximate surface area is 187 Å². The number of carbonyl (C=O) groups is 2. The van der Waals surface area contributed by atoms with Gasteiger partial charge in [-0.05, 0) is 37.1 Å². The molecule has 3 rings (SSSR count). The van der Waals surface area contributed by atoms with Crippen LogP contribution in [0.1, 0.15) is 31.0 Å². The van der Waals surface area contributed by atoms with Gasteiger partial charge in [-0.3, -0.25) is 4.90 Å². The molecule has 1 aliphatic heterocycles. The van der Waals surface area contributed by atoms with Gasteiger partial charge in [-0.1, -0.05) is 30.3 Å². The number of hydrogen-bond acceptors (Lipinski definition) is 6. The molecule has 0 fully saturated rings. The lowest BCUT2D eigenvalue weighted by atomic mass is 9.94. The van der Waals surface area contributed by atoms with Gasteiger partial charge in [0, 0.05) is 5.70 Å². The summed E-state index contributed by atoms with van der Waals surface area (Å²) < 4.78 is 21.6. The van der Waals surface area contributed by atoms with Gasteiger partial charge in [-0.25, -0.2) is 9.59 Å². The third-order valence-corrected chi connectivity index (χ3v) is 5.30. The highest BCUT2D eigenvalue weighted by atomic mass is 16.5.